The maximum Gasteiger partial charge on any atom is 0.147 e. The van der Waals surface area contributed by atoms with E-state index < -0.39 is 0 Å². The minimum atomic E-state index is 0.643. The molecule has 1 N–H and O–H groups in total. The molecular formula is C16H15NO. The number of aldehydes is 1. The lowest BCUT2D eigenvalue weighted by Gasteiger charge is -2.03. The van der Waals surface area contributed by atoms with Crippen LogP contribution in [-0.2, 0) is 11.2 Å². The Balaban J connectivity index is 2.03. The molecule has 0 aromatic heterocycles. The first-order valence-electron chi connectivity index (χ1n) is 5.88. The smallest absolute Gasteiger partial charge is 0.147 e. The van der Waals surface area contributed by atoms with Gasteiger partial charge in [0.05, 0.1) is 0 Å². The summed E-state index contributed by atoms with van der Waals surface area (Å²) in [5.74, 6) is 0. The molecule has 0 aliphatic rings. The van der Waals surface area contributed by atoms with Crippen molar-refractivity contribution in [2.45, 2.75) is 6.42 Å². The van der Waals surface area contributed by atoms with Crippen LogP contribution in [0.5, 0.6) is 0 Å². The quantitative estimate of drug-likeness (QED) is 0.637. The van der Waals surface area contributed by atoms with Crippen LogP contribution >= 0.6 is 0 Å². The Morgan fingerprint density at radius 2 is 1.56 bits per heavy atom. The minimum absolute atomic E-state index is 0.643. The van der Waals surface area contributed by atoms with Gasteiger partial charge in [0.1, 0.15) is 6.29 Å². The SMILES string of the molecule is O=C/C(=C\Nc1ccccc1)Cc1ccccc1. The fourth-order valence-electron chi connectivity index (χ4n) is 1.67. The van der Waals surface area contributed by atoms with E-state index in [0.717, 1.165) is 23.1 Å². The van der Waals surface area contributed by atoms with Crippen LogP contribution in [0.3, 0.4) is 0 Å². The Labute approximate surface area is 107 Å². The highest BCUT2D eigenvalue weighted by Crippen LogP contribution is 2.09. The van der Waals surface area contributed by atoms with Gasteiger partial charge in [-0.2, -0.15) is 0 Å². The van der Waals surface area contributed by atoms with Gasteiger partial charge in [-0.15, -0.1) is 0 Å². The average Bonchev–Trinajstić information content (AvgIpc) is 2.45. The zero-order valence-corrected chi connectivity index (χ0v) is 10.0. The fourth-order valence-corrected chi connectivity index (χ4v) is 1.67. The monoisotopic (exact) mass is 237 g/mol. The molecule has 2 rings (SSSR count). The summed E-state index contributed by atoms with van der Waals surface area (Å²) in [6.45, 7) is 0. The third-order valence-electron chi connectivity index (χ3n) is 2.60. The predicted molar refractivity (Wildman–Crippen MR) is 74.4 cm³/mol. The Morgan fingerprint density at radius 1 is 0.944 bits per heavy atom. The zero-order chi connectivity index (χ0) is 12.6. The van der Waals surface area contributed by atoms with Crippen molar-refractivity contribution in [2.24, 2.45) is 0 Å². The molecule has 0 saturated heterocycles. The summed E-state index contributed by atoms with van der Waals surface area (Å²) in [6.07, 6.45) is 3.29. The highest BCUT2D eigenvalue weighted by molar-refractivity contribution is 5.74. The van der Waals surface area contributed by atoms with Crippen molar-refractivity contribution in [2.75, 3.05) is 5.32 Å². The molecule has 0 unspecified atom stereocenters. The largest absolute Gasteiger partial charge is 0.361 e. The number of hydrogen-bond donors (Lipinski definition) is 1. The van der Waals surface area contributed by atoms with Crippen LogP contribution in [0.2, 0.25) is 0 Å². The van der Waals surface area contributed by atoms with Crippen LogP contribution in [0.1, 0.15) is 5.56 Å². The van der Waals surface area contributed by atoms with Crippen molar-refractivity contribution in [1.29, 1.82) is 0 Å². The van der Waals surface area contributed by atoms with Gasteiger partial charge < -0.3 is 5.32 Å². The van der Waals surface area contributed by atoms with Gasteiger partial charge in [0.15, 0.2) is 0 Å². The van der Waals surface area contributed by atoms with E-state index in [9.17, 15) is 4.79 Å². The van der Waals surface area contributed by atoms with Gasteiger partial charge in [-0.25, -0.2) is 0 Å². The summed E-state index contributed by atoms with van der Waals surface area (Å²) < 4.78 is 0. The van der Waals surface area contributed by atoms with Crippen LogP contribution < -0.4 is 5.32 Å². The molecule has 2 heteroatoms. The molecule has 0 saturated carbocycles. The minimum Gasteiger partial charge on any atom is -0.361 e. The highest BCUT2D eigenvalue weighted by Gasteiger charge is 1.97. The molecule has 0 spiro atoms. The number of benzene rings is 2. The molecule has 0 aliphatic heterocycles. The van der Waals surface area contributed by atoms with Gasteiger partial charge in [0.25, 0.3) is 0 Å². The Bertz CT molecular complexity index is 517. The molecule has 2 aromatic rings. The molecule has 0 radical (unpaired) electrons. The summed E-state index contributed by atoms with van der Waals surface area (Å²) in [6, 6.07) is 19.7. The van der Waals surface area contributed by atoms with E-state index in [1.54, 1.807) is 6.20 Å². The lowest BCUT2D eigenvalue weighted by Crippen LogP contribution is -1.96. The molecule has 0 heterocycles. The van der Waals surface area contributed by atoms with Gasteiger partial charge in [0, 0.05) is 23.9 Å². The van der Waals surface area contributed by atoms with Gasteiger partial charge in [-0.3, -0.25) is 4.79 Å². The van der Waals surface area contributed by atoms with Crippen LogP contribution in [0.15, 0.2) is 72.4 Å². The average molecular weight is 237 g/mol. The number of nitrogens with one attached hydrogen (secondary N) is 1. The normalized spacial score (nSPS) is 11.0. The molecule has 18 heavy (non-hydrogen) atoms. The van der Waals surface area contributed by atoms with E-state index in [2.05, 4.69) is 5.32 Å². The molecule has 2 nitrogen and oxygen atoms in total. The number of allylic oxidation sites excluding steroid dienone is 1. The number of para-hydroxylation sites is 1. The summed E-state index contributed by atoms with van der Waals surface area (Å²) in [5.41, 5.74) is 2.83. The number of hydrogen-bond acceptors (Lipinski definition) is 2. The van der Waals surface area contributed by atoms with Crippen LogP contribution in [0.4, 0.5) is 5.69 Å². The molecule has 90 valence electrons. The second-order valence-electron chi connectivity index (χ2n) is 4.01. The van der Waals surface area contributed by atoms with Crippen LogP contribution in [0.25, 0.3) is 0 Å². The van der Waals surface area contributed by atoms with E-state index in [4.69, 9.17) is 0 Å². The third-order valence-corrected chi connectivity index (χ3v) is 2.60. The molecule has 0 aliphatic carbocycles. The number of rotatable bonds is 5. The van der Waals surface area contributed by atoms with Gasteiger partial charge in [-0.05, 0) is 17.7 Å². The molecule has 0 amide bonds. The first-order chi connectivity index (χ1) is 8.88. The summed E-state index contributed by atoms with van der Waals surface area (Å²) >= 11 is 0. The second-order valence-corrected chi connectivity index (χ2v) is 4.01. The number of carbonyl (C=O) groups excluding carboxylic acids is 1. The summed E-state index contributed by atoms with van der Waals surface area (Å²) in [4.78, 5) is 11.0. The Kier molecular flexibility index (Phi) is 4.31. The van der Waals surface area contributed by atoms with Crippen molar-refractivity contribution in [1.82, 2.24) is 0 Å². The topological polar surface area (TPSA) is 29.1 Å². The first-order valence-corrected chi connectivity index (χ1v) is 5.88. The fraction of sp³-hybridized carbons (Fsp3) is 0.0625. The highest BCUT2D eigenvalue weighted by atomic mass is 16.1. The van der Waals surface area contributed by atoms with Crippen molar-refractivity contribution >= 4 is 12.0 Å². The van der Waals surface area contributed by atoms with Crippen molar-refractivity contribution < 1.29 is 4.79 Å². The van der Waals surface area contributed by atoms with Gasteiger partial charge in [-0.1, -0.05) is 48.5 Å². The van der Waals surface area contributed by atoms with Gasteiger partial charge in [0.2, 0.25) is 0 Å². The van der Waals surface area contributed by atoms with Crippen molar-refractivity contribution in [3.05, 3.63) is 78.0 Å². The molecule has 0 fully saturated rings. The maximum absolute atomic E-state index is 11.0. The third kappa shape index (κ3) is 3.59. The van der Waals surface area contributed by atoms with E-state index in [1.807, 2.05) is 60.7 Å². The molecule has 0 bridgehead atoms. The van der Waals surface area contributed by atoms with Crippen LogP contribution in [-0.4, -0.2) is 6.29 Å². The van der Waals surface area contributed by atoms with Crippen molar-refractivity contribution in [3.63, 3.8) is 0 Å². The first kappa shape index (κ1) is 12.1. The van der Waals surface area contributed by atoms with E-state index in [1.165, 1.54) is 0 Å². The summed E-state index contributed by atoms with van der Waals surface area (Å²) in [5, 5.41) is 3.12. The number of carbonyl (C=O) groups is 1. The Hall–Kier alpha value is -2.35. The second kappa shape index (κ2) is 6.40. The van der Waals surface area contributed by atoms with Gasteiger partial charge >= 0.3 is 0 Å². The maximum atomic E-state index is 11.0. The predicted octanol–water partition coefficient (Wildman–Crippen LogP) is 3.42. The number of anilines is 1. The van der Waals surface area contributed by atoms with Crippen LogP contribution in [0, 0.1) is 0 Å². The molecular weight excluding hydrogens is 222 g/mol. The standard InChI is InChI=1S/C16H15NO/c18-13-15(11-14-7-3-1-4-8-14)12-17-16-9-5-2-6-10-16/h1-10,12-13,17H,11H2/b15-12-. The Morgan fingerprint density at radius 3 is 2.17 bits per heavy atom. The lowest BCUT2D eigenvalue weighted by molar-refractivity contribution is -0.105. The molecule has 2 aromatic carbocycles. The van der Waals surface area contributed by atoms with E-state index >= 15 is 0 Å². The molecule has 0 atom stereocenters. The van der Waals surface area contributed by atoms with E-state index in [0.29, 0.717) is 6.42 Å². The van der Waals surface area contributed by atoms with E-state index in [-0.39, 0.29) is 0 Å². The summed E-state index contributed by atoms with van der Waals surface area (Å²) in [7, 11) is 0. The zero-order valence-electron chi connectivity index (χ0n) is 10.0. The lowest BCUT2D eigenvalue weighted by atomic mass is 10.1. The van der Waals surface area contributed by atoms with Crippen molar-refractivity contribution in [3.8, 4) is 0 Å².